The third-order valence-electron chi connectivity index (χ3n) is 3.23. The zero-order valence-electron chi connectivity index (χ0n) is 12.7. The Kier molecular flexibility index (Phi) is 6.67. The Morgan fingerprint density at radius 1 is 1.40 bits per heavy atom. The Balaban J connectivity index is 2.53. The number of hydrogen-bond donors (Lipinski definition) is 3. The smallest absolute Gasteiger partial charge is 0.242 e. The minimum atomic E-state index is -3.42. The summed E-state index contributed by atoms with van der Waals surface area (Å²) in [6.07, 6.45) is 1.53. The normalized spacial score (nSPS) is 12.5. The molecule has 0 spiro atoms. The second-order valence-electron chi connectivity index (χ2n) is 5.11. The molecule has 6 nitrogen and oxygen atoms in total. The molecular formula is C13H26N4O2S. The second kappa shape index (κ2) is 7.78. The van der Waals surface area contributed by atoms with Crippen LogP contribution in [0.3, 0.4) is 0 Å². The topological polar surface area (TPSA) is 77.2 Å². The quantitative estimate of drug-likeness (QED) is 0.629. The van der Waals surface area contributed by atoms with Gasteiger partial charge in [-0.1, -0.05) is 6.92 Å². The van der Waals surface area contributed by atoms with Crippen LogP contribution >= 0.6 is 0 Å². The van der Waals surface area contributed by atoms with Crippen molar-refractivity contribution in [3.63, 3.8) is 0 Å². The van der Waals surface area contributed by atoms with Crippen LogP contribution in [0.1, 0.15) is 26.5 Å². The highest BCUT2D eigenvalue weighted by Gasteiger charge is 2.15. The molecule has 1 heterocycles. The predicted molar refractivity (Wildman–Crippen MR) is 81.1 cm³/mol. The number of aromatic nitrogens is 1. The Bertz CT molecular complexity index is 496. The van der Waals surface area contributed by atoms with Crippen molar-refractivity contribution in [2.75, 3.05) is 26.7 Å². The summed E-state index contributed by atoms with van der Waals surface area (Å²) in [6, 6.07) is 2.07. The van der Waals surface area contributed by atoms with Crippen LogP contribution in [0.15, 0.2) is 17.2 Å². The number of nitrogens with one attached hydrogen (secondary N) is 3. The van der Waals surface area contributed by atoms with E-state index < -0.39 is 10.0 Å². The van der Waals surface area contributed by atoms with E-state index in [1.54, 1.807) is 6.07 Å². The maximum Gasteiger partial charge on any atom is 0.242 e. The number of nitrogens with zero attached hydrogens (tertiary/aromatic N) is 1. The molecule has 1 aromatic heterocycles. The molecule has 0 unspecified atom stereocenters. The summed E-state index contributed by atoms with van der Waals surface area (Å²) in [7, 11) is -1.45. The Labute approximate surface area is 122 Å². The highest BCUT2D eigenvalue weighted by Crippen LogP contribution is 2.10. The minimum absolute atomic E-state index is 0.289. The van der Waals surface area contributed by atoms with Gasteiger partial charge in [-0.05, 0) is 33.5 Å². The first kappa shape index (κ1) is 17.2. The summed E-state index contributed by atoms with van der Waals surface area (Å²) in [6.45, 7) is 8.74. The Morgan fingerprint density at radius 3 is 2.70 bits per heavy atom. The van der Waals surface area contributed by atoms with E-state index in [-0.39, 0.29) is 4.90 Å². The molecule has 7 heteroatoms. The Morgan fingerprint density at radius 2 is 2.10 bits per heavy atom. The number of hydrogen-bond acceptors (Lipinski definition) is 4. The highest BCUT2D eigenvalue weighted by atomic mass is 32.2. The number of sulfonamides is 1. The van der Waals surface area contributed by atoms with E-state index in [1.165, 1.54) is 6.20 Å². The van der Waals surface area contributed by atoms with E-state index in [1.807, 2.05) is 14.0 Å². The standard InChI is InChI=1S/C13H26N4O2S/c1-5-14-9-12-8-13(10-15-12)20(18,19)16-6-7-17(4)11(2)3/h8,10-11,14-16H,5-7,9H2,1-4H3. The Hall–Kier alpha value is -0.890. The fraction of sp³-hybridized carbons (Fsp3) is 0.692. The van der Waals surface area contributed by atoms with Gasteiger partial charge in [-0.2, -0.15) is 0 Å². The molecule has 0 aliphatic rings. The van der Waals surface area contributed by atoms with E-state index in [4.69, 9.17) is 0 Å². The molecule has 0 atom stereocenters. The van der Waals surface area contributed by atoms with Crippen molar-refractivity contribution < 1.29 is 8.42 Å². The van der Waals surface area contributed by atoms with Gasteiger partial charge >= 0.3 is 0 Å². The minimum Gasteiger partial charge on any atom is -0.363 e. The molecule has 20 heavy (non-hydrogen) atoms. The lowest BCUT2D eigenvalue weighted by Gasteiger charge is -2.20. The third kappa shape index (κ3) is 5.24. The monoisotopic (exact) mass is 302 g/mol. The fourth-order valence-corrected chi connectivity index (χ4v) is 2.67. The van der Waals surface area contributed by atoms with E-state index in [9.17, 15) is 8.42 Å². The van der Waals surface area contributed by atoms with Gasteiger partial charge in [0, 0.05) is 37.6 Å². The van der Waals surface area contributed by atoms with Gasteiger partial charge < -0.3 is 15.2 Å². The van der Waals surface area contributed by atoms with Crippen molar-refractivity contribution in [2.24, 2.45) is 0 Å². The van der Waals surface area contributed by atoms with Gasteiger partial charge in [0.2, 0.25) is 10.0 Å². The molecule has 0 saturated heterocycles. The molecule has 0 saturated carbocycles. The molecule has 3 N–H and O–H groups in total. The fourth-order valence-electron chi connectivity index (χ4n) is 1.63. The molecule has 116 valence electrons. The lowest BCUT2D eigenvalue weighted by molar-refractivity contribution is 0.278. The van der Waals surface area contributed by atoms with Gasteiger partial charge in [0.15, 0.2) is 0 Å². The molecular weight excluding hydrogens is 276 g/mol. The van der Waals surface area contributed by atoms with E-state index in [0.29, 0.717) is 25.7 Å². The molecule has 0 amide bonds. The summed E-state index contributed by atoms with van der Waals surface area (Å²) >= 11 is 0. The summed E-state index contributed by atoms with van der Waals surface area (Å²) in [4.78, 5) is 5.35. The van der Waals surface area contributed by atoms with E-state index in [2.05, 4.69) is 33.8 Å². The average molecular weight is 302 g/mol. The molecule has 0 aliphatic heterocycles. The molecule has 0 aromatic carbocycles. The number of aromatic amines is 1. The van der Waals surface area contributed by atoms with Crippen LogP contribution < -0.4 is 10.0 Å². The van der Waals surface area contributed by atoms with Gasteiger partial charge in [0.25, 0.3) is 0 Å². The summed E-state index contributed by atoms with van der Waals surface area (Å²) < 4.78 is 26.8. The first-order chi connectivity index (χ1) is 9.36. The van der Waals surface area contributed by atoms with Crippen molar-refractivity contribution in [2.45, 2.75) is 38.3 Å². The zero-order valence-corrected chi connectivity index (χ0v) is 13.5. The molecule has 0 aliphatic carbocycles. The number of H-pyrrole nitrogens is 1. The van der Waals surface area contributed by atoms with Gasteiger partial charge in [0.05, 0.1) is 4.90 Å². The highest BCUT2D eigenvalue weighted by molar-refractivity contribution is 7.89. The van der Waals surface area contributed by atoms with Crippen LogP contribution in [-0.4, -0.2) is 51.0 Å². The van der Waals surface area contributed by atoms with Crippen LogP contribution in [-0.2, 0) is 16.6 Å². The molecule has 0 radical (unpaired) electrons. The van der Waals surface area contributed by atoms with Crippen molar-refractivity contribution in [1.29, 1.82) is 0 Å². The van der Waals surface area contributed by atoms with Gasteiger partial charge in [-0.3, -0.25) is 0 Å². The van der Waals surface area contributed by atoms with Gasteiger partial charge in [-0.15, -0.1) is 0 Å². The molecule has 0 bridgehead atoms. The number of likely N-dealkylation sites (N-methyl/N-ethyl adjacent to an activating group) is 1. The number of rotatable bonds is 9. The predicted octanol–water partition coefficient (Wildman–Crippen LogP) is 0.743. The van der Waals surface area contributed by atoms with Crippen LogP contribution in [0.25, 0.3) is 0 Å². The molecule has 0 fully saturated rings. The summed E-state index contributed by atoms with van der Waals surface area (Å²) in [5, 5.41) is 3.15. The van der Waals surface area contributed by atoms with Crippen molar-refractivity contribution in [3.8, 4) is 0 Å². The summed E-state index contributed by atoms with van der Waals surface area (Å²) in [5.41, 5.74) is 0.867. The van der Waals surface area contributed by atoms with Crippen LogP contribution in [0.4, 0.5) is 0 Å². The molecule has 1 aromatic rings. The third-order valence-corrected chi connectivity index (χ3v) is 4.67. The zero-order chi connectivity index (χ0) is 15.2. The van der Waals surface area contributed by atoms with Crippen molar-refractivity contribution >= 4 is 10.0 Å². The van der Waals surface area contributed by atoms with E-state index in [0.717, 1.165) is 12.2 Å². The largest absolute Gasteiger partial charge is 0.363 e. The summed E-state index contributed by atoms with van der Waals surface area (Å²) in [5.74, 6) is 0. The second-order valence-corrected chi connectivity index (χ2v) is 6.88. The van der Waals surface area contributed by atoms with Crippen LogP contribution in [0.5, 0.6) is 0 Å². The maximum absolute atomic E-state index is 12.1. The van der Waals surface area contributed by atoms with E-state index >= 15 is 0 Å². The van der Waals surface area contributed by atoms with Crippen molar-refractivity contribution in [1.82, 2.24) is 19.9 Å². The van der Waals surface area contributed by atoms with Gasteiger partial charge in [0.1, 0.15) is 0 Å². The first-order valence-corrected chi connectivity index (χ1v) is 8.43. The lowest BCUT2D eigenvalue weighted by Crippen LogP contribution is -2.36. The van der Waals surface area contributed by atoms with Crippen LogP contribution in [0, 0.1) is 0 Å². The van der Waals surface area contributed by atoms with Crippen LogP contribution in [0.2, 0.25) is 0 Å². The first-order valence-electron chi connectivity index (χ1n) is 6.94. The maximum atomic E-state index is 12.1. The molecule has 1 rings (SSSR count). The SMILES string of the molecule is CCNCc1cc(S(=O)(=O)NCCN(C)C(C)C)c[nH]1. The lowest BCUT2D eigenvalue weighted by atomic mass is 10.3. The van der Waals surface area contributed by atoms with Crippen molar-refractivity contribution in [3.05, 3.63) is 18.0 Å². The average Bonchev–Trinajstić information content (AvgIpc) is 2.85. The van der Waals surface area contributed by atoms with Gasteiger partial charge in [-0.25, -0.2) is 13.1 Å².